The molecule has 0 atom stereocenters. The zero-order chi connectivity index (χ0) is 13.1. The lowest BCUT2D eigenvalue weighted by atomic mass is 10.2. The van der Waals surface area contributed by atoms with Crippen LogP contribution in [0.2, 0.25) is 0 Å². The molecule has 0 radical (unpaired) electrons. The molecule has 3 nitrogen and oxygen atoms in total. The third-order valence-corrected chi connectivity index (χ3v) is 3.08. The van der Waals surface area contributed by atoms with E-state index in [0.29, 0.717) is 22.7 Å². The van der Waals surface area contributed by atoms with Gasteiger partial charge in [0, 0.05) is 11.8 Å². The second kappa shape index (κ2) is 5.11. The van der Waals surface area contributed by atoms with Crippen LogP contribution in [-0.4, -0.2) is 0 Å². The number of halogens is 1. The molecule has 2 N–H and O–H groups in total. The summed E-state index contributed by atoms with van der Waals surface area (Å²) in [5.74, 6) is 1.29. The number of aryl methyl sites for hydroxylation is 1. The van der Waals surface area contributed by atoms with E-state index in [-0.39, 0.29) is 0 Å². The molecule has 2 aromatic rings. The Morgan fingerprint density at radius 3 is 2.67 bits per heavy atom. The maximum atomic E-state index is 8.91. The van der Waals surface area contributed by atoms with E-state index in [0.717, 1.165) is 10.0 Å². The average molecular weight is 303 g/mol. The van der Waals surface area contributed by atoms with Gasteiger partial charge in [0.05, 0.1) is 10.0 Å². The monoisotopic (exact) mass is 302 g/mol. The SMILES string of the molecule is Cc1ccc(Oc2ccc(N)c(C#N)c2)c(Br)c1. The normalized spacial score (nSPS) is 9.83. The predicted octanol–water partition coefficient (Wildman–Crippen LogP) is 4.00. The molecule has 0 aliphatic heterocycles. The third-order valence-electron chi connectivity index (χ3n) is 2.46. The van der Waals surface area contributed by atoms with E-state index < -0.39 is 0 Å². The minimum Gasteiger partial charge on any atom is -0.456 e. The fraction of sp³-hybridized carbons (Fsp3) is 0.0714. The van der Waals surface area contributed by atoms with Crippen LogP contribution in [0.1, 0.15) is 11.1 Å². The van der Waals surface area contributed by atoms with Crippen molar-refractivity contribution in [2.45, 2.75) is 6.92 Å². The highest BCUT2D eigenvalue weighted by Crippen LogP contribution is 2.31. The van der Waals surface area contributed by atoms with E-state index in [9.17, 15) is 0 Å². The van der Waals surface area contributed by atoms with Crippen molar-refractivity contribution in [2.24, 2.45) is 0 Å². The number of hydrogen-bond acceptors (Lipinski definition) is 3. The average Bonchev–Trinajstić information content (AvgIpc) is 2.35. The second-order valence-electron chi connectivity index (χ2n) is 3.90. The number of nitrogen functional groups attached to an aromatic ring is 1. The van der Waals surface area contributed by atoms with Crippen LogP contribution in [0.3, 0.4) is 0 Å². The van der Waals surface area contributed by atoms with Crippen molar-refractivity contribution in [3.63, 3.8) is 0 Å². The van der Waals surface area contributed by atoms with Gasteiger partial charge in [0.2, 0.25) is 0 Å². The van der Waals surface area contributed by atoms with Gasteiger partial charge in [-0.1, -0.05) is 6.07 Å². The lowest BCUT2D eigenvalue weighted by molar-refractivity contribution is 0.479. The second-order valence-corrected chi connectivity index (χ2v) is 4.75. The van der Waals surface area contributed by atoms with E-state index in [4.69, 9.17) is 15.7 Å². The van der Waals surface area contributed by atoms with Crippen molar-refractivity contribution in [1.82, 2.24) is 0 Å². The molecule has 90 valence electrons. The Labute approximate surface area is 114 Å². The van der Waals surface area contributed by atoms with Gasteiger partial charge in [-0.15, -0.1) is 0 Å². The highest BCUT2D eigenvalue weighted by molar-refractivity contribution is 9.10. The first-order valence-electron chi connectivity index (χ1n) is 5.34. The van der Waals surface area contributed by atoms with Crippen LogP contribution in [0.5, 0.6) is 11.5 Å². The minimum absolute atomic E-state index is 0.413. The van der Waals surface area contributed by atoms with Crippen molar-refractivity contribution in [3.05, 3.63) is 52.0 Å². The molecular weight excluding hydrogens is 292 g/mol. The summed E-state index contributed by atoms with van der Waals surface area (Å²) in [6.45, 7) is 2.01. The number of nitrogens with zero attached hydrogens (tertiary/aromatic N) is 1. The van der Waals surface area contributed by atoms with E-state index in [2.05, 4.69) is 15.9 Å². The summed E-state index contributed by atoms with van der Waals surface area (Å²) >= 11 is 3.44. The van der Waals surface area contributed by atoms with Crippen LogP contribution in [0.4, 0.5) is 5.69 Å². The molecule has 0 aromatic heterocycles. The maximum Gasteiger partial charge on any atom is 0.141 e. The molecular formula is C14H11BrN2O. The van der Waals surface area contributed by atoms with Gasteiger partial charge in [0.25, 0.3) is 0 Å². The first-order valence-corrected chi connectivity index (χ1v) is 6.13. The quantitative estimate of drug-likeness (QED) is 0.853. The lowest BCUT2D eigenvalue weighted by Crippen LogP contribution is -1.92. The maximum absolute atomic E-state index is 8.91. The Hall–Kier alpha value is -1.99. The number of benzene rings is 2. The van der Waals surface area contributed by atoms with Crippen molar-refractivity contribution < 1.29 is 4.74 Å². The fourth-order valence-electron chi connectivity index (χ4n) is 1.51. The van der Waals surface area contributed by atoms with Crippen LogP contribution in [0.15, 0.2) is 40.9 Å². The number of nitrogens with two attached hydrogens (primary N) is 1. The summed E-state index contributed by atoms with van der Waals surface area (Å²) in [7, 11) is 0. The smallest absolute Gasteiger partial charge is 0.141 e. The topological polar surface area (TPSA) is 59.0 Å². The van der Waals surface area contributed by atoms with Crippen LogP contribution in [-0.2, 0) is 0 Å². The van der Waals surface area contributed by atoms with Gasteiger partial charge in [-0.2, -0.15) is 5.26 Å². The fourth-order valence-corrected chi connectivity index (χ4v) is 2.09. The Morgan fingerprint density at radius 1 is 1.22 bits per heavy atom. The first-order chi connectivity index (χ1) is 8.60. The van der Waals surface area contributed by atoms with Crippen molar-refractivity contribution >= 4 is 21.6 Å². The highest BCUT2D eigenvalue weighted by atomic mass is 79.9. The first kappa shape index (κ1) is 12.5. The van der Waals surface area contributed by atoms with Gasteiger partial charge in [-0.25, -0.2) is 0 Å². The molecule has 2 rings (SSSR count). The Balaban J connectivity index is 2.32. The van der Waals surface area contributed by atoms with Gasteiger partial charge < -0.3 is 10.5 Å². The van der Waals surface area contributed by atoms with Gasteiger partial charge in [-0.3, -0.25) is 0 Å². The van der Waals surface area contributed by atoms with Crippen LogP contribution >= 0.6 is 15.9 Å². The van der Waals surface area contributed by atoms with Crippen LogP contribution < -0.4 is 10.5 Å². The van der Waals surface area contributed by atoms with Gasteiger partial charge >= 0.3 is 0 Å². The summed E-state index contributed by atoms with van der Waals surface area (Å²) < 4.78 is 6.58. The summed E-state index contributed by atoms with van der Waals surface area (Å²) in [6, 6.07) is 12.9. The van der Waals surface area contributed by atoms with Crippen LogP contribution in [0, 0.1) is 18.3 Å². The Morgan fingerprint density at radius 2 is 2.00 bits per heavy atom. The molecule has 4 heteroatoms. The number of anilines is 1. The molecule has 0 bridgehead atoms. The zero-order valence-corrected chi connectivity index (χ0v) is 11.4. The summed E-state index contributed by atoms with van der Waals surface area (Å²) in [4.78, 5) is 0. The molecule has 0 amide bonds. The number of hydrogen-bond donors (Lipinski definition) is 1. The van der Waals surface area contributed by atoms with Gasteiger partial charge in [-0.05, 0) is 52.7 Å². The highest BCUT2D eigenvalue weighted by Gasteiger charge is 2.05. The Bertz CT molecular complexity index is 632. The molecule has 0 spiro atoms. The van der Waals surface area contributed by atoms with E-state index >= 15 is 0 Å². The van der Waals surface area contributed by atoms with Crippen molar-refractivity contribution in [3.8, 4) is 17.6 Å². The predicted molar refractivity (Wildman–Crippen MR) is 74.5 cm³/mol. The Kier molecular flexibility index (Phi) is 3.54. The molecule has 0 unspecified atom stereocenters. The number of rotatable bonds is 2. The molecule has 0 fully saturated rings. The lowest BCUT2D eigenvalue weighted by Gasteiger charge is -2.09. The van der Waals surface area contributed by atoms with Crippen molar-refractivity contribution in [2.75, 3.05) is 5.73 Å². The molecule has 0 saturated heterocycles. The van der Waals surface area contributed by atoms with E-state index in [1.54, 1.807) is 18.2 Å². The van der Waals surface area contributed by atoms with Gasteiger partial charge in [0.15, 0.2) is 0 Å². The van der Waals surface area contributed by atoms with Crippen LogP contribution in [0.25, 0.3) is 0 Å². The van der Waals surface area contributed by atoms with E-state index in [1.165, 1.54) is 0 Å². The molecule has 0 heterocycles. The largest absolute Gasteiger partial charge is 0.456 e. The molecule has 2 aromatic carbocycles. The van der Waals surface area contributed by atoms with Gasteiger partial charge in [0.1, 0.15) is 17.6 Å². The molecule has 0 saturated carbocycles. The number of ether oxygens (including phenoxy) is 1. The standard InChI is InChI=1S/C14H11BrN2O/c1-9-2-5-14(12(15)6-9)18-11-3-4-13(17)10(7-11)8-16/h2-7H,17H2,1H3. The molecule has 0 aliphatic carbocycles. The third kappa shape index (κ3) is 2.63. The summed E-state index contributed by atoms with van der Waals surface area (Å²) in [5.41, 5.74) is 7.66. The summed E-state index contributed by atoms with van der Waals surface area (Å²) in [5, 5.41) is 8.91. The molecule has 0 aliphatic rings. The minimum atomic E-state index is 0.413. The van der Waals surface area contributed by atoms with E-state index in [1.807, 2.05) is 31.2 Å². The molecule has 18 heavy (non-hydrogen) atoms. The zero-order valence-electron chi connectivity index (χ0n) is 9.77. The summed E-state index contributed by atoms with van der Waals surface area (Å²) in [6.07, 6.45) is 0. The number of nitriles is 1. The van der Waals surface area contributed by atoms with Crippen molar-refractivity contribution in [1.29, 1.82) is 5.26 Å².